The Morgan fingerprint density at radius 3 is 2.76 bits per heavy atom. The summed E-state index contributed by atoms with van der Waals surface area (Å²) in [6, 6.07) is 14.3. The van der Waals surface area contributed by atoms with Crippen LogP contribution in [0.5, 0.6) is 0 Å². The van der Waals surface area contributed by atoms with Gasteiger partial charge in [0.1, 0.15) is 0 Å². The van der Waals surface area contributed by atoms with Gasteiger partial charge in [0.25, 0.3) is 5.91 Å². The van der Waals surface area contributed by atoms with Crippen molar-refractivity contribution in [2.75, 3.05) is 18.1 Å². The summed E-state index contributed by atoms with van der Waals surface area (Å²) in [5.74, 6) is -0.839. The number of nitrogens with zero attached hydrogens (tertiary/aromatic N) is 2. The Labute approximate surface area is 149 Å². The Kier molecular flexibility index (Phi) is 5.20. The number of rotatable bonds is 6. The third kappa shape index (κ3) is 3.92. The molecule has 0 aliphatic rings. The first-order valence-electron chi connectivity index (χ1n) is 7.65. The van der Waals surface area contributed by atoms with Crippen molar-refractivity contribution in [3.05, 3.63) is 72.3 Å². The number of carbonyl (C=O) groups excluding carboxylic acids is 2. The molecule has 6 heteroatoms. The Morgan fingerprint density at radius 2 is 2.00 bits per heavy atom. The Morgan fingerprint density at radius 1 is 1.20 bits per heavy atom. The molecule has 0 spiro atoms. The van der Waals surface area contributed by atoms with E-state index in [4.69, 9.17) is 4.74 Å². The monoisotopic (exact) mass is 352 g/mol. The minimum absolute atomic E-state index is 0.307. The molecule has 1 amide bonds. The highest BCUT2D eigenvalue weighted by Crippen LogP contribution is 2.19. The molecule has 0 radical (unpaired) electrons. The van der Waals surface area contributed by atoms with Gasteiger partial charge in [-0.3, -0.25) is 4.79 Å². The van der Waals surface area contributed by atoms with Crippen LogP contribution >= 0.6 is 11.3 Å². The van der Waals surface area contributed by atoms with Gasteiger partial charge in [-0.2, -0.15) is 0 Å². The second kappa shape index (κ2) is 7.72. The Bertz CT molecular complexity index is 905. The van der Waals surface area contributed by atoms with Crippen molar-refractivity contribution in [1.29, 1.82) is 0 Å². The van der Waals surface area contributed by atoms with Gasteiger partial charge < -0.3 is 9.64 Å². The van der Waals surface area contributed by atoms with Gasteiger partial charge in [-0.05, 0) is 30.3 Å². The van der Waals surface area contributed by atoms with Crippen molar-refractivity contribution in [2.24, 2.45) is 0 Å². The predicted molar refractivity (Wildman–Crippen MR) is 98.9 cm³/mol. The number of hydrogen-bond acceptors (Lipinski definition) is 5. The van der Waals surface area contributed by atoms with Gasteiger partial charge in [-0.15, -0.1) is 17.9 Å². The fourth-order valence-corrected chi connectivity index (χ4v) is 3.08. The molecule has 0 atom stereocenters. The molecule has 1 heterocycles. The van der Waals surface area contributed by atoms with Gasteiger partial charge in [-0.25, -0.2) is 9.78 Å². The van der Waals surface area contributed by atoms with Gasteiger partial charge >= 0.3 is 5.97 Å². The number of carbonyl (C=O) groups is 2. The smallest absolute Gasteiger partial charge is 0.338 e. The summed E-state index contributed by atoms with van der Waals surface area (Å²) < 4.78 is 6.09. The number of esters is 1. The number of benzene rings is 2. The van der Waals surface area contributed by atoms with E-state index in [1.807, 2.05) is 30.3 Å². The summed E-state index contributed by atoms with van der Waals surface area (Å²) in [6.07, 6.45) is 1.63. The lowest BCUT2D eigenvalue weighted by Gasteiger charge is -2.21. The maximum Gasteiger partial charge on any atom is 0.338 e. The van der Waals surface area contributed by atoms with Gasteiger partial charge in [-0.1, -0.05) is 24.3 Å². The third-order valence-electron chi connectivity index (χ3n) is 3.57. The minimum Gasteiger partial charge on any atom is -0.452 e. The molecule has 0 unspecified atom stereocenters. The SMILES string of the molecule is C=CCN(C(=O)COC(=O)c1ccc2ncsc2c1)c1ccccc1. The molecule has 0 aliphatic carbocycles. The molecule has 5 nitrogen and oxygen atoms in total. The molecule has 0 saturated heterocycles. The number of amides is 1. The minimum atomic E-state index is -0.532. The molecule has 2 aromatic carbocycles. The first-order valence-corrected chi connectivity index (χ1v) is 8.53. The number of hydrogen-bond donors (Lipinski definition) is 0. The fraction of sp³-hybridized carbons (Fsp3) is 0.105. The van der Waals surface area contributed by atoms with Crippen molar-refractivity contribution in [3.8, 4) is 0 Å². The van der Waals surface area contributed by atoms with Crippen LogP contribution in [0.25, 0.3) is 10.2 Å². The average molecular weight is 352 g/mol. The summed E-state index contributed by atoms with van der Waals surface area (Å²) in [7, 11) is 0. The second-order valence-electron chi connectivity index (χ2n) is 5.24. The number of aromatic nitrogens is 1. The highest BCUT2D eigenvalue weighted by molar-refractivity contribution is 7.16. The topological polar surface area (TPSA) is 59.5 Å². The van der Waals surface area contributed by atoms with Gasteiger partial charge in [0.15, 0.2) is 6.61 Å². The van der Waals surface area contributed by atoms with Crippen molar-refractivity contribution in [1.82, 2.24) is 4.98 Å². The van der Waals surface area contributed by atoms with E-state index in [-0.39, 0.29) is 12.5 Å². The normalized spacial score (nSPS) is 10.4. The van der Waals surface area contributed by atoms with Crippen molar-refractivity contribution in [3.63, 3.8) is 0 Å². The molecular formula is C19H16N2O3S. The Balaban J connectivity index is 1.67. The number of ether oxygens (including phenoxy) is 1. The summed E-state index contributed by atoms with van der Waals surface area (Å²) in [4.78, 5) is 30.3. The lowest BCUT2D eigenvalue weighted by Crippen LogP contribution is -2.34. The zero-order valence-electron chi connectivity index (χ0n) is 13.4. The highest BCUT2D eigenvalue weighted by atomic mass is 32.1. The van der Waals surface area contributed by atoms with Crippen LogP contribution in [-0.4, -0.2) is 30.0 Å². The van der Waals surface area contributed by atoms with Crippen LogP contribution in [0.1, 0.15) is 10.4 Å². The van der Waals surface area contributed by atoms with Crippen LogP contribution in [-0.2, 0) is 9.53 Å². The molecular weight excluding hydrogens is 336 g/mol. The first kappa shape index (κ1) is 16.9. The van der Waals surface area contributed by atoms with Crippen LogP contribution in [0.15, 0.2) is 66.7 Å². The highest BCUT2D eigenvalue weighted by Gasteiger charge is 2.17. The summed E-state index contributed by atoms with van der Waals surface area (Å²) >= 11 is 1.45. The van der Waals surface area contributed by atoms with E-state index in [1.165, 1.54) is 16.2 Å². The maximum absolute atomic E-state index is 12.4. The summed E-state index contributed by atoms with van der Waals surface area (Å²) in [5.41, 5.74) is 3.68. The summed E-state index contributed by atoms with van der Waals surface area (Å²) in [6.45, 7) is 3.68. The van der Waals surface area contributed by atoms with Crippen LogP contribution < -0.4 is 4.90 Å². The van der Waals surface area contributed by atoms with E-state index in [0.717, 1.165) is 15.9 Å². The molecule has 126 valence electrons. The quantitative estimate of drug-likeness (QED) is 0.502. The van der Waals surface area contributed by atoms with E-state index in [9.17, 15) is 9.59 Å². The van der Waals surface area contributed by atoms with Crippen LogP contribution in [0, 0.1) is 0 Å². The third-order valence-corrected chi connectivity index (χ3v) is 4.37. The maximum atomic E-state index is 12.4. The average Bonchev–Trinajstić information content (AvgIpc) is 3.12. The van der Waals surface area contributed by atoms with Crippen LogP contribution in [0.4, 0.5) is 5.69 Å². The fourth-order valence-electron chi connectivity index (χ4n) is 2.36. The lowest BCUT2D eigenvalue weighted by molar-refractivity contribution is -0.121. The molecule has 0 N–H and O–H groups in total. The van der Waals surface area contributed by atoms with Crippen molar-refractivity contribution in [2.45, 2.75) is 0 Å². The Hall–Kier alpha value is -2.99. The van der Waals surface area contributed by atoms with Crippen LogP contribution in [0.3, 0.4) is 0 Å². The molecule has 0 aliphatic heterocycles. The van der Waals surface area contributed by atoms with Crippen molar-refractivity contribution < 1.29 is 14.3 Å². The molecule has 0 bridgehead atoms. The largest absolute Gasteiger partial charge is 0.452 e. The van der Waals surface area contributed by atoms with E-state index in [2.05, 4.69) is 11.6 Å². The van der Waals surface area contributed by atoms with E-state index in [0.29, 0.717) is 12.1 Å². The van der Waals surface area contributed by atoms with Gasteiger partial charge in [0.05, 0.1) is 21.3 Å². The molecule has 3 rings (SSSR count). The molecule has 0 fully saturated rings. The lowest BCUT2D eigenvalue weighted by atomic mass is 10.2. The standard InChI is InChI=1S/C19H16N2O3S/c1-2-10-21(15-6-4-3-5-7-15)18(22)12-24-19(23)14-8-9-16-17(11-14)25-13-20-16/h2-9,11,13H,1,10,12H2. The zero-order chi connectivity index (χ0) is 17.6. The molecule has 3 aromatic rings. The molecule has 1 aromatic heterocycles. The van der Waals surface area contributed by atoms with Gasteiger partial charge in [0, 0.05) is 12.2 Å². The number of fused-ring (bicyclic) bond motifs is 1. The van der Waals surface area contributed by atoms with Crippen LogP contribution in [0.2, 0.25) is 0 Å². The van der Waals surface area contributed by atoms with E-state index in [1.54, 1.807) is 29.8 Å². The van der Waals surface area contributed by atoms with E-state index < -0.39 is 5.97 Å². The summed E-state index contributed by atoms with van der Waals surface area (Å²) in [5, 5.41) is 0. The first-order chi connectivity index (χ1) is 12.2. The van der Waals surface area contributed by atoms with Crippen molar-refractivity contribution >= 4 is 39.1 Å². The van der Waals surface area contributed by atoms with Gasteiger partial charge in [0.2, 0.25) is 0 Å². The number of anilines is 1. The second-order valence-corrected chi connectivity index (χ2v) is 6.13. The number of thiazole rings is 1. The zero-order valence-corrected chi connectivity index (χ0v) is 14.2. The van der Waals surface area contributed by atoms with E-state index >= 15 is 0 Å². The molecule has 0 saturated carbocycles. The molecule has 25 heavy (non-hydrogen) atoms. The number of para-hydroxylation sites is 1. The predicted octanol–water partition coefficient (Wildman–Crippen LogP) is 3.67.